The first-order valence-corrected chi connectivity index (χ1v) is 11.1. The Morgan fingerprint density at radius 1 is 1.12 bits per heavy atom. The second-order valence-corrected chi connectivity index (χ2v) is 8.15. The maximum Gasteiger partial charge on any atom is 0.307 e. The molecule has 0 bridgehead atoms. The molecule has 0 aliphatic carbocycles. The highest BCUT2D eigenvalue weighted by Gasteiger charge is 2.32. The molecule has 1 aliphatic heterocycles. The minimum absolute atomic E-state index is 0.336. The third-order valence-electron chi connectivity index (χ3n) is 6.03. The van der Waals surface area contributed by atoms with E-state index in [9.17, 15) is 9.90 Å². The van der Waals surface area contributed by atoms with Crippen LogP contribution in [0.1, 0.15) is 37.1 Å². The zero-order valence-electron chi connectivity index (χ0n) is 18.2. The Hall–Kier alpha value is -3.33. The van der Waals surface area contributed by atoms with Crippen LogP contribution in [0.2, 0.25) is 0 Å². The molecule has 1 aromatic carbocycles. The number of piperazine rings is 1. The van der Waals surface area contributed by atoms with Crippen LogP contribution in [-0.4, -0.2) is 62.9 Å². The van der Waals surface area contributed by atoms with Crippen molar-refractivity contribution in [1.29, 1.82) is 0 Å². The quantitative estimate of drug-likeness (QED) is 0.469. The molecule has 1 aliphatic rings. The van der Waals surface area contributed by atoms with E-state index in [4.69, 9.17) is 0 Å². The van der Waals surface area contributed by atoms with Gasteiger partial charge in [-0.3, -0.25) is 4.79 Å². The van der Waals surface area contributed by atoms with Crippen LogP contribution in [0, 0.1) is 5.92 Å². The fourth-order valence-electron chi connectivity index (χ4n) is 4.27. The number of carbonyl (C=O) groups is 1. The molecule has 0 unspecified atom stereocenters. The van der Waals surface area contributed by atoms with Crippen molar-refractivity contribution >= 4 is 11.8 Å². The number of anilines is 1. The van der Waals surface area contributed by atoms with Crippen LogP contribution in [0.15, 0.2) is 42.6 Å². The number of nitrogens with one attached hydrogen (secondary N) is 2. The average Bonchev–Trinajstić information content (AvgIpc) is 3.37. The van der Waals surface area contributed by atoms with Crippen molar-refractivity contribution in [3.63, 3.8) is 0 Å². The summed E-state index contributed by atoms with van der Waals surface area (Å²) in [5.74, 6) is -0.266. The number of carboxylic acid groups (broad SMARTS) is 1. The second-order valence-electron chi connectivity index (χ2n) is 8.15. The second kappa shape index (κ2) is 10.3. The monoisotopic (exact) mass is 435 g/mol. The van der Waals surface area contributed by atoms with Gasteiger partial charge in [0, 0.05) is 43.9 Å². The minimum Gasteiger partial charge on any atom is -0.481 e. The average molecular weight is 436 g/mol. The first-order valence-electron chi connectivity index (χ1n) is 11.1. The fourth-order valence-corrected chi connectivity index (χ4v) is 4.27. The van der Waals surface area contributed by atoms with Gasteiger partial charge in [0.25, 0.3) is 0 Å². The fraction of sp³-hybridized carbons (Fsp3) is 0.435. The highest BCUT2D eigenvalue weighted by Crippen LogP contribution is 2.30. The van der Waals surface area contributed by atoms with Crippen LogP contribution < -0.4 is 10.2 Å². The number of benzene rings is 1. The van der Waals surface area contributed by atoms with Crippen LogP contribution in [0.25, 0.3) is 11.1 Å². The van der Waals surface area contributed by atoms with Crippen molar-refractivity contribution in [2.45, 2.75) is 32.1 Å². The summed E-state index contributed by atoms with van der Waals surface area (Å²) >= 11 is 0. The minimum atomic E-state index is -0.825. The lowest BCUT2D eigenvalue weighted by molar-refractivity contribution is -0.142. The molecule has 0 amide bonds. The summed E-state index contributed by atoms with van der Waals surface area (Å²) in [5.41, 5.74) is 3.17. The normalized spacial score (nSPS) is 16.0. The standard InChI is InChI=1S/C23H29N7O2/c1-2-3-19(23(31)32)20(22-26-28-29-27-22)14-16-4-6-17(7-5-16)18-8-9-21(25-15-18)30-12-10-24-11-13-30/h4-9,15,19-20,24H,2-3,10-14H2,1H3,(H,31,32)(H,26,27,28,29)/t19-,20-/m0/s1. The van der Waals surface area contributed by atoms with E-state index in [1.807, 2.05) is 25.3 Å². The number of rotatable bonds is 9. The van der Waals surface area contributed by atoms with Gasteiger partial charge in [-0.1, -0.05) is 42.8 Å². The van der Waals surface area contributed by atoms with Gasteiger partial charge in [-0.2, -0.15) is 5.21 Å². The summed E-state index contributed by atoms with van der Waals surface area (Å²) in [4.78, 5) is 18.8. The molecule has 32 heavy (non-hydrogen) atoms. The number of pyridine rings is 1. The van der Waals surface area contributed by atoms with E-state index < -0.39 is 11.9 Å². The topological polar surface area (TPSA) is 120 Å². The highest BCUT2D eigenvalue weighted by atomic mass is 16.4. The van der Waals surface area contributed by atoms with E-state index in [0.717, 1.165) is 55.1 Å². The third-order valence-corrected chi connectivity index (χ3v) is 6.03. The molecule has 1 fully saturated rings. The number of aromatic amines is 1. The van der Waals surface area contributed by atoms with E-state index >= 15 is 0 Å². The van der Waals surface area contributed by atoms with E-state index in [0.29, 0.717) is 18.7 Å². The number of nitrogens with zero attached hydrogens (tertiary/aromatic N) is 5. The SMILES string of the molecule is CCC[C@H](C(=O)O)[C@H](Cc1ccc(-c2ccc(N3CCNCC3)nc2)cc1)c1nn[nH]n1. The van der Waals surface area contributed by atoms with E-state index in [1.54, 1.807) is 0 Å². The number of hydrogen-bond acceptors (Lipinski definition) is 7. The van der Waals surface area contributed by atoms with Gasteiger partial charge in [0.1, 0.15) is 5.82 Å². The first kappa shape index (κ1) is 21.9. The first-order chi connectivity index (χ1) is 15.7. The molecule has 4 rings (SSSR count). The third kappa shape index (κ3) is 5.11. The number of hydrogen-bond donors (Lipinski definition) is 3. The van der Waals surface area contributed by atoms with Crippen molar-refractivity contribution in [3.8, 4) is 11.1 Å². The smallest absolute Gasteiger partial charge is 0.307 e. The Labute approximate surface area is 187 Å². The molecule has 3 aromatic rings. The molecular weight excluding hydrogens is 406 g/mol. The Bertz CT molecular complexity index is 984. The molecule has 168 valence electrons. The Balaban J connectivity index is 1.49. The molecule has 0 spiro atoms. The van der Waals surface area contributed by atoms with Gasteiger partial charge in [0.2, 0.25) is 0 Å². The number of carboxylic acids is 1. The predicted molar refractivity (Wildman–Crippen MR) is 121 cm³/mol. The number of tetrazole rings is 1. The largest absolute Gasteiger partial charge is 0.481 e. The van der Waals surface area contributed by atoms with Crippen LogP contribution in [0.5, 0.6) is 0 Å². The number of aromatic nitrogens is 5. The number of aliphatic carboxylic acids is 1. The molecular formula is C23H29N7O2. The van der Waals surface area contributed by atoms with Gasteiger partial charge in [0.05, 0.1) is 5.92 Å². The van der Waals surface area contributed by atoms with Crippen LogP contribution in [0.4, 0.5) is 5.82 Å². The molecule has 2 atom stereocenters. The van der Waals surface area contributed by atoms with Gasteiger partial charge in [-0.05, 0) is 36.1 Å². The molecule has 0 saturated carbocycles. The summed E-state index contributed by atoms with van der Waals surface area (Å²) in [6.45, 7) is 5.89. The molecule has 2 aromatic heterocycles. The van der Waals surface area contributed by atoms with Crippen LogP contribution >= 0.6 is 0 Å². The summed E-state index contributed by atoms with van der Waals surface area (Å²) in [6.07, 6.45) is 3.80. The zero-order chi connectivity index (χ0) is 22.3. The molecule has 0 radical (unpaired) electrons. The Kier molecular flexibility index (Phi) is 7.06. The van der Waals surface area contributed by atoms with Gasteiger partial charge in [-0.25, -0.2) is 4.98 Å². The lowest BCUT2D eigenvalue weighted by Crippen LogP contribution is -2.43. The zero-order valence-corrected chi connectivity index (χ0v) is 18.2. The summed E-state index contributed by atoms with van der Waals surface area (Å²) < 4.78 is 0. The van der Waals surface area contributed by atoms with E-state index in [1.165, 1.54) is 0 Å². The van der Waals surface area contributed by atoms with Gasteiger partial charge >= 0.3 is 5.97 Å². The van der Waals surface area contributed by atoms with Crippen molar-refractivity contribution in [2.75, 3.05) is 31.1 Å². The summed E-state index contributed by atoms with van der Waals surface area (Å²) in [7, 11) is 0. The summed E-state index contributed by atoms with van der Waals surface area (Å²) in [5, 5.41) is 27.4. The Morgan fingerprint density at radius 3 is 2.47 bits per heavy atom. The maximum atomic E-state index is 11.9. The molecule has 1 saturated heterocycles. The van der Waals surface area contributed by atoms with Crippen LogP contribution in [-0.2, 0) is 11.2 Å². The molecule has 9 nitrogen and oxygen atoms in total. The van der Waals surface area contributed by atoms with E-state index in [2.05, 4.69) is 60.1 Å². The van der Waals surface area contributed by atoms with Crippen molar-refractivity contribution in [2.24, 2.45) is 5.92 Å². The van der Waals surface area contributed by atoms with Gasteiger partial charge < -0.3 is 15.3 Å². The molecule has 3 N–H and O–H groups in total. The lowest BCUT2D eigenvalue weighted by atomic mass is 9.83. The van der Waals surface area contributed by atoms with E-state index in [-0.39, 0.29) is 5.92 Å². The van der Waals surface area contributed by atoms with Gasteiger partial charge in [0.15, 0.2) is 5.82 Å². The number of H-pyrrole nitrogens is 1. The Morgan fingerprint density at radius 2 is 1.88 bits per heavy atom. The lowest BCUT2D eigenvalue weighted by Gasteiger charge is -2.28. The van der Waals surface area contributed by atoms with Crippen molar-refractivity contribution in [1.82, 2.24) is 30.9 Å². The summed E-state index contributed by atoms with van der Waals surface area (Å²) in [6, 6.07) is 12.4. The maximum absolute atomic E-state index is 11.9. The molecule has 9 heteroatoms. The van der Waals surface area contributed by atoms with Crippen molar-refractivity contribution < 1.29 is 9.90 Å². The predicted octanol–water partition coefficient (Wildman–Crippen LogP) is 2.50. The van der Waals surface area contributed by atoms with Gasteiger partial charge in [-0.15, -0.1) is 10.2 Å². The highest BCUT2D eigenvalue weighted by molar-refractivity contribution is 5.71. The molecule has 3 heterocycles. The van der Waals surface area contributed by atoms with Crippen molar-refractivity contribution in [3.05, 3.63) is 54.0 Å². The van der Waals surface area contributed by atoms with Crippen LogP contribution in [0.3, 0.4) is 0 Å².